The first kappa shape index (κ1) is 30.1. The third-order valence-corrected chi connectivity index (χ3v) is 13.9. The highest BCUT2D eigenvalue weighted by molar-refractivity contribution is 7.73. The van der Waals surface area contributed by atoms with E-state index in [0.717, 1.165) is 12.6 Å². The zero-order valence-corrected chi connectivity index (χ0v) is 28.2. The normalized spacial score (nSPS) is 14.4. The summed E-state index contributed by atoms with van der Waals surface area (Å²) in [6.45, 7) is 0. The van der Waals surface area contributed by atoms with Crippen LogP contribution in [-0.4, -0.2) is 26.7 Å². The van der Waals surface area contributed by atoms with Crippen molar-refractivity contribution in [2.24, 2.45) is 0 Å². The van der Waals surface area contributed by atoms with Crippen LogP contribution in [0.15, 0.2) is 170 Å². The number of quaternary nitrogens is 1. The number of nitrogens with zero attached hydrogens (tertiary/aromatic N) is 3. The molecule has 0 amide bonds. The second-order valence-electron chi connectivity index (χ2n) is 12.0. The van der Waals surface area contributed by atoms with Gasteiger partial charge in [0.1, 0.15) is 22.7 Å². The molecular formula is C39H37BN5P2+. The summed E-state index contributed by atoms with van der Waals surface area (Å²) < 4.78 is 0.662. The number of nitrogens with one attached hydrogen (secondary N) is 2. The van der Waals surface area contributed by atoms with Crippen molar-refractivity contribution < 1.29 is 0 Å². The molecule has 6 aromatic carbocycles. The molecule has 0 aliphatic carbocycles. The largest absolute Gasteiger partial charge is 0.706 e. The van der Waals surface area contributed by atoms with Crippen molar-refractivity contribution >= 4 is 66.9 Å². The van der Waals surface area contributed by atoms with Crippen LogP contribution in [0.4, 0.5) is 22.7 Å². The average Bonchev–Trinajstić information content (AvgIpc) is 3.55. The van der Waals surface area contributed by atoms with Crippen molar-refractivity contribution in [1.82, 2.24) is 15.2 Å². The van der Waals surface area contributed by atoms with Crippen LogP contribution < -0.4 is 46.3 Å². The number of para-hydroxylation sites is 4. The molecule has 47 heavy (non-hydrogen) atoms. The molecule has 0 aromatic heterocycles. The summed E-state index contributed by atoms with van der Waals surface area (Å²) >= 11 is 0. The van der Waals surface area contributed by atoms with Gasteiger partial charge in [0, 0.05) is 12.6 Å². The van der Waals surface area contributed by atoms with Gasteiger partial charge >= 0.3 is 7.12 Å². The van der Waals surface area contributed by atoms with E-state index in [9.17, 15) is 0 Å². The second-order valence-corrected chi connectivity index (χ2v) is 16.4. The van der Waals surface area contributed by atoms with E-state index in [-0.39, 0.29) is 7.12 Å². The molecule has 0 atom stereocenters. The zero-order valence-electron chi connectivity index (χ0n) is 26.4. The number of anilines is 2. The summed E-state index contributed by atoms with van der Waals surface area (Å²) in [6, 6.07) is 61.6. The topological polar surface area (TPSA) is 30.5 Å². The number of hydrazine groups is 2. The maximum absolute atomic E-state index is 4.02. The number of hydrogen-bond acceptors (Lipinski definition) is 4. The van der Waals surface area contributed by atoms with E-state index in [2.05, 4.69) is 198 Å². The van der Waals surface area contributed by atoms with E-state index in [4.69, 9.17) is 0 Å². The summed E-state index contributed by atoms with van der Waals surface area (Å²) in [7, 11) is 1.03. The first-order chi connectivity index (χ1) is 23.2. The molecule has 8 rings (SSSR count). The van der Waals surface area contributed by atoms with Gasteiger partial charge in [0.15, 0.2) is 0 Å². The van der Waals surface area contributed by atoms with Gasteiger partial charge in [-0.3, -0.25) is 14.2 Å². The van der Waals surface area contributed by atoms with Gasteiger partial charge in [-0.1, -0.05) is 146 Å². The lowest BCUT2D eigenvalue weighted by Crippen LogP contribution is -2.69. The van der Waals surface area contributed by atoms with Crippen LogP contribution in [0.25, 0.3) is 0 Å². The predicted octanol–water partition coefficient (Wildman–Crippen LogP) is 6.77. The minimum Gasteiger partial charge on any atom is -0.282 e. The van der Waals surface area contributed by atoms with Crippen molar-refractivity contribution in [3.05, 3.63) is 170 Å². The van der Waals surface area contributed by atoms with Crippen LogP contribution in [-0.2, 0) is 0 Å². The van der Waals surface area contributed by atoms with Gasteiger partial charge in [-0.2, -0.15) is 0 Å². The molecule has 2 heterocycles. The number of hydrogen-bond donors (Lipinski definition) is 2. The number of benzene rings is 6. The molecule has 0 fully saturated rings. The minimum atomic E-state index is -0.638. The van der Waals surface area contributed by atoms with Crippen molar-refractivity contribution in [2.45, 2.75) is 0 Å². The Kier molecular flexibility index (Phi) is 8.37. The van der Waals surface area contributed by atoms with Gasteiger partial charge in [0.25, 0.3) is 0 Å². The molecule has 0 radical (unpaired) electrons. The molecule has 8 heteroatoms. The van der Waals surface area contributed by atoms with E-state index in [1.54, 1.807) is 0 Å². The van der Waals surface area contributed by atoms with Gasteiger partial charge in [-0.15, -0.1) is 0 Å². The van der Waals surface area contributed by atoms with Crippen LogP contribution in [0, 0.1) is 0 Å². The second kappa shape index (κ2) is 13.1. The summed E-state index contributed by atoms with van der Waals surface area (Å²) in [5.74, 6) is 0. The molecule has 2 aliphatic rings. The van der Waals surface area contributed by atoms with E-state index in [0.29, 0.717) is 4.39 Å². The Hall–Kier alpha value is -4.28. The van der Waals surface area contributed by atoms with Crippen molar-refractivity contribution in [3.8, 4) is 0 Å². The summed E-state index contributed by atoms with van der Waals surface area (Å²) in [4.78, 5) is 4.85. The minimum absolute atomic E-state index is 0.0587. The Labute approximate surface area is 280 Å². The van der Waals surface area contributed by atoms with Gasteiger partial charge in [0.05, 0.1) is 7.05 Å². The molecule has 2 N–H and O–H groups in total. The van der Waals surface area contributed by atoms with Gasteiger partial charge in [-0.25, -0.2) is 10.9 Å². The highest BCUT2D eigenvalue weighted by Gasteiger charge is 2.67. The first-order valence-corrected chi connectivity index (χ1v) is 19.1. The number of fused-ring (bicyclic) bond motifs is 5. The Bertz CT molecular complexity index is 1730. The van der Waals surface area contributed by atoms with Crippen molar-refractivity contribution in [2.75, 3.05) is 29.5 Å². The SMILES string of the molecule is C[N+]12B(N(NCP(c3ccccc3)c3ccccc3)c3ccccc31)N(NCP(c1ccccc1)c1ccccc1)c1ccccc12. The van der Waals surface area contributed by atoms with E-state index >= 15 is 0 Å². The maximum atomic E-state index is 4.02. The fraction of sp³-hybridized carbons (Fsp3) is 0.0769. The molecule has 5 nitrogen and oxygen atoms in total. The predicted molar refractivity (Wildman–Crippen MR) is 205 cm³/mol. The van der Waals surface area contributed by atoms with Crippen LogP contribution in [0.3, 0.4) is 0 Å². The van der Waals surface area contributed by atoms with Gasteiger partial charge in [-0.05, 0) is 61.3 Å². The standard InChI is InChI=1S/C39H37BN5P2/c1-45-38-28-16-14-26-36(38)43(41-30-46(32-18-6-2-7-19-32)33-20-8-3-9-21-33)40(45)44(37-27-15-17-29-39(37)45)42-31-47(34-22-10-4-11-23-34)35-24-12-5-13-25-35/h2-29,41-42H,30-31H2,1H3/q+1. The fourth-order valence-corrected chi connectivity index (χ4v) is 11.1. The van der Waals surface area contributed by atoms with Crippen molar-refractivity contribution in [1.29, 1.82) is 0 Å². The molecule has 0 saturated heterocycles. The molecule has 0 spiro atoms. The fourth-order valence-electron chi connectivity index (χ4n) is 7.05. The molecular weight excluding hydrogens is 611 g/mol. The highest BCUT2D eigenvalue weighted by Crippen LogP contribution is 2.55. The van der Waals surface area contributed by atoms with Crippen molar-refractivity contribution in [3.63, 3.8) is 0 Å². The highest BCUT2D eigenvalue weighted by atomic mass is 31.1. The van der Waals surface area contributed by atoms with E-state index < -0.39 is 15.8 Å². The smallest absolute Gasteiger partial charge is 0.282 e. The Morgan fingerprint density at radius 2 is 0.745 bits per heavy atom. The Morgan fingerprint density at radius 1 is 0.447 bits per heavy atom. The third kappa shape index (κ3) is 5.47. The average molecular weight is 649 g/mol. The maximum Gasteiger partial charge on any atom is 0.706 e. The summed E-state index contributed by atoms with van der Waals surface area (Å²) in [6.07, 6.45) is 1.64. The van der Waals surface area contributed by atoms with E-state index in [1.807, 2.05) is 0 Å². The van der Waals surface area contributed by atoms with Crippen LogP contribution in [0.2, 0.25) is 0 Å². The van der Waals surface area contributed by atoms with Gasteiger partial charge in [0.2, 0.25) is 0 Å². The monoisotopic (exact) mass is 648 g/mol. The quantitative estimate of drug-likeness (QED) is 0.127. The van der Waals surface area contributed by atoms with Gasteiger partial charge < -0.3 is 0 Å². The molecule has 0 bridgehead atoms. The molecule has 6 aromatic rings. The first-order valence-electron chi connectivity index (χ1n) is 16.1. The number of rotatable bonds is 10. The Morgan fingerprint density at radius 3 is 1.09 bits per heavy atom. The van der Waals surface area contributed by atoms with E-state index in [1.165, 1.54) is 44.0 Å². The third-order valence-electron chi connectivity index (χ3n) is 9.28. The lowest BCUT2D eigenvalue weighted by molar-refractivity contribution is 0.692. The lowest BCUT2D eigenvalue weighted by atomic mass is 9.88. The summed E-state index contributed by atoms with van der Waals surface area (Å²) in [5.41, 5.74) is 13.0. The van der Waals surface area contributed by atoms with Crippen LogP contribution in [0.5, 0.6) is 0 Å². The lowest BCUT2D eigenvalue weighted by Gasteiger charge is -2.33. The molecule has 0 saturated carbocycles. The Balaban J connectivity index is 1.17. The summed E-state index contributed by atoms with van der Waals surface area (Å²) in [5, 5.41) is 5.47. The zero-order chi connectivity index (χ0) is 31.6. The van der Waals surface area contributed by atoms with Crippen LogP contribution in [0.1, 0.15) is 0 Å². The molecule has 2 aliphatic heterocycles. The molecule has 230 valence electrons. The van der Waals surface area contributed by atoms with Crippen LogP contribution >= 0.6 is 15.8 Å². The molecule has 0 unspecified atom stereocenters.